The van der Waals surface area contributed by atoms with E-state index >= 15 is 0 Å². The number of hydrogen-bond acceptors (Lipinski definition) is 7. The lowest BCUT2D eigenvalue weighted by Gasteiger charge is -2.23. The van der Waals surface area contributed by atoms with Gasteiger partial charge in [0, 0.05) is 16.7 Å². The normalized spacial score (nSPS) is 15.8. The van der Waals surface area contributed by atoms with Gasteiger partial charge in [0.05, 0.1) is 10.6 Å². The SMILES string of the molecule is NS(=O)(=O)c1ccc(N[C@H](CCNCC2CC2)CSc2ccccc2)c(S(=O)(=O)C(F)(F)F)c1. The molecule has 0 unspecified atom stereocenters. The lowest BCUT2D eigenvalue weighted by Crippen LogP contribution is -2.31. The maximum atomic E-state index is 13.4. The third kappa shape index (κ3) is 7.35. The molecule has 0 spiro atoms. The zero-order chi connectivity index (χ0) is 25.0. The van der Waals surface area contributed by atoms with Crippen LogP contribution in [-0.4, -0.2) is 47.2 Å². The van der Waals surface area contributed by atoms with Crippen molar-refractivity contribution in [2.75, 3.05) is 24.2 Å². The monoisotopic (exact) mass is 537 g/mol. The second-order valence-corrected chi connectivity index (χ2v) is 12.6. The molecular formula is C21H26F3N3O4S3. The van der Waals surface area contributed by atoms with E-state index in [1.807, 2.05) is 30.3 Å². The third-order valence-corrected chi connectivity index (χ3v) is 8.84. The van der Waals surface area contributed by atoms with Crippen LogP contribution in [0.2, 0.25) is 0 Å². The van der Waals surface area contributed by atoms with Gasteiger partial charge < -0.3 is 10.6 Å². The first-order valence-corrected chi connectivity index (χ1v) is 14.5. The summed E-state index contributed by atoms with van der Waals surface area (Å²) < 4.78 is 87.9. The number of sulfonamides is 1. The predicted molar refractivity (Wildman–Crippen MR) is 126 cm³/mol. The average molecular weight is 538 g/mol. The van der Waals surface area contributed by atoms with E-state index in [0.29, 0.717) is 30.7 Å². The van der Waals surface area contributed by atoms with Crippen molar-refractivity contribution in [3.05, 3.63) is 48.5 Å². The standard InChI is InChI=1S/C21H26F3N3O4S3/c22-21(23,24)33(28,29)20-12-18(34(25,30)31)8-9-19(20)27-16(10-11-26-13-15-6-7-15)14-32-17-4-2-1-3-5-17/h1-5,8-9,12,15-16,26-27H,6-7,10-11,13-14H2,(H2,25,30,31)/t16-/m1/s1. The number of benzene rings is 2. The zero-order valence-corrected chi connectivity index (χ0v) is 20.5. The molecule has 2 aromatic carbocycles. The van der Waals surface area contributed by atoms with Gasteiger partial charge in [-0.1, -0.05) is 18.2 Å². The number of anilines is 1. The van der Waals surface area contributed by atoms with E-state index in [2.05, 4.69) is 10.6 Å². The Kier molecular flexibility index (Phi) is 8.56. The highest BCUT2D eigenvalue weighted by Gasteiger charge is 2.48. The molecule has 0 aromatic heterocycles. The van der Waals surface area contributed by atoms with Gasteiger partial charge in [-0.2, -0.15) is 13.2 Å². The second-order valence-electron chi connectivity index (χ2n) is 8.05. The Bertz CT molecular complexity index is 1190. The molecule has 1 saturated carbocycles. The van der Waals surface area contributed by atoms with Crippen LogP contribution in [0, 0.1) is 5.92 Å². The number of nitrogens with two attached hydrogens (primary N) is 1. The Hall–Kier alpha value is -1.80. The quantitative estimate of drug-likeness (QED) is 0.280. The lowest BCUT2D eigenvalue weighted by atomic mass is 10.2. The molecule has 13 heteroatoms. The summed E-state index contributed by atoms with van der Waals surface area (Å²) in [6.45, 7) is 1.44. The fraction of sp³-hybridized carbons (Fsp3) is 0.429. The topological polar surface area (TPSA) is 118 Å². The molecule has 3 rings (SSSR count). The van der Waals surface area contributed by atoms with E-state index < -0.39 is 41.2 Å². The maximum absolute atomic E-state index is 13.4. The minimum Gasteiger partial charge on any atom is -0.380 e. The van der Waals surface area contributed by atoms with Crippen molar-refractivity contribution in [1.29, 1.82) is 0 Å². The minimum atomic E-state index is -5.84. The number of alkyl halides is 3. The highest BCUT2D eigenvalue weighted by molar-refractivity contribution is 7.99. The summed E-state index contributed by atoms with van der Waals surface area (Å²) in [5, 5.41) is 11.2. The highest BCUT2D eigenvalue weighted by Crippen LogP contribution is 2.36. The molecule has 0 amide bonds. The molecule has 0 radical (unpaired) electrons. The molecule has 1 atom stereocenters. The molecule has 1 aliphatic rings. The number of sulfone groups is 1. The molecule has 1 fully saturated rings. The molecule has 0 bridgehead atoms. The first-order chi connectivity index (χ1) is 15.9. The summed E-state index contributed by atoms with van der Waals surface area (Å²) in [5.74, 6) is 1.09. The van der Waals surface area contributed by atoms with Gasteiger partial charge in [0.1, 0.15) is 4.90 Å². The van der Waals surface area contributed by atoms with Gasteiger partial charge in [0.2, 0.25) is 10.0 Å². The van der Waals surface area contributed by atoms with Crippen LogP contribution in [0.4, 0.5) is 18.9 Å². The van der Waals surface area contributed by atoms with Gasteiger partial charge in [-0.3, -0.25) is 0 Å². The van der Waals surface area contributed by atoms with Crippen molar-refractivity contribution in [2.24, 2.45) is 11.1 Å². The van der Waals surface area contributed by atoms with Crippen molar-refractivity contribution in [3.8, 4) is 0 Å². The van der Waals surface area contributed by atoms with Crippen LogP contribution in [0.1, 0.15) is 19.3 Å². The molecule has 1 aliphatic carbocycles. The number of halogens is 3. The minimum absolute atomic E-state index is 0.328. The van der Waals surface area contributed by atoms with Gasteiger partial charge >= 0.3 is 5.51 Å². The van der Waals surface area contributed by atoms with Crippen molar-refractivity contribution in [3.63, 3.8) is 0 Å². The van der Waals surface area contributed by atoms with Crippen LogP contribution in [0.25, 0.3) is 0 Å². The van der Waals surface area contributed by atoms with E-state index in [-0.39, 0.29) is 5.69 Å². The molecule has 4 N–H and O–H groups in total. The molecule has 0 heterocycles. The number of hydrogen-bond donors (Lipinski definition) is 3. The summed E-state index contributed by atoms with van der Waals surface area (Å²) >= 11 is 1.47. The van der Waals surface area contributed by atoms with Crippen molar-refractivity contribution >= 4 is 37.3 Å². The zero-order valence-electron chi connectivity index (χ0n) is 18.1. The number of rotatable bonds is 12. The molecular weight excluding hydrogens is 511 g/mol. The summed E-state index contributed by atoms with van der Waals surface area (Å²) in [7, 11) is -10.3. The molecule has 0 saturated heterocycles. The Morgan fingerprint density at radius 1 is 1.06 bits per heavy atom. The van der Waals surface area contributed by atoms with Crippen LogP contribution in [-0.2, 0) is 19.9 Å². The summed E-state index contributed by atoms with van der Waals surface area (Å²) in [4.78, 5) is -0.942. The van der Waals surface area contributed by atoms with Crippen LogP contribution in [0.15, 0.2) is 63.2 Å². The maximum Gasteiger partial charge on any atom is 0.501 e. The number of nitrogens with one attached hydrogen (secondary N) is 2. The van der Waals surface area contributed by atoms with Gasteiger partial charge in [0.15, 0.2) is 0 Å². The van der Waals surface area contributed by atoms with Crippen LogP contribution < -0.4 is 15.8 Å². The van der Waals surface area contributed by atoms with E-state index in [1.54, 1.807) is 0 Å². The van der Waals surface area contributed by atoms with Crippen LogP contribution >= 0.6 is 11.8 Å². The molecule has 34 heavy (non-hydrogen) atoms. The van der Waals surface area contributed by atoms with E-state index in [0.717, 1.165) is 23.6 Å². The summed E-state index contributed by atoms with van der Waals surface area (Å²) in [6.07, 6.45) is 2.86. The third-order valence-electron chi connectivity index (χ3n) is 5.23. The van der Waals surface area contributed by atoms with Gasteiger partial charge in [0.25, 0.3) is 9.84 Å². The van der Waals surface area contributed by atoms with Crippen molar-refractivity contribution in [2.45, 2.75) is 45.5 Å². The molecule has 0 aliphatic heterocycles. The summed E-state index contributed by atoms with van der Waals surface area (Å²) in [6, 6.07) is 11.4. The smallest absolute Gasteiger partial charge is 0.380 e. The van der Waals surface area contributed by atoms with Crippen LogP contribution in [0.5, 0.6) is 0 Å². The fourth-order valence-corrected chi connectivity index (χ4v) is 5.74. The van der Waals surface area contributed by atoms with Crippen molar-refractivity contribution in [1.82, 2.24) is 5.32 Å². The van der Waals surface area contributed by atoms with Gasteiger partial charge in [-0.25, -0.2) is 22.0 Å². The Morgan fingerprint density at radius 2 is 1.74 bits per heavy atom. The average Bonchev–Trinajstić information content (AvgIpc) is 3.58. The Morgan fingerprint density at radius 3 is 2.32 bits per heavy atom. The Balaban J connectivity index is 1.87. The van der Waals surface area contributed by atoms with Gasteiger partial charge in [-0.15, -0.1) is 11.8 Å². The van der Waals surface area contributed by atoms with E-state index in [1.165, 1.54) is 24.6 Å². The number of primary sulfonamides is 1. The lowest BCUT2D eigenvalue weighted by molar-refractivity contribution is -0.0435. The van der Waals surface area contributed by atoms with Gasteiger partial charge in [-0.05, 0) is 68.6 Å². The summed E-state index contributed by atoms with van der Waals surface area (Å²) in [5.41, 5.74) is -5.94. The fourth-order valence-electron chi connectivity index (χ4n) is 3.18. The predicted octanol–water partition coefficient (Wildman–Crippen LogP) is 3.59. The number of thioether (sulfide) groups is 1. The first-order valence-electron chi connectivity index (χ1n) is 10.5. The highest BCUT2D eigenvalue weighted by atomic mass is 32.2. The first kappa shape index (κ1) is 26.8. The molecule has 188 valence electrons. The van der Waals surface area contributed by atoms with Crippen molar-refractivity contribution < 1.29 is 30.0 Å². The van der Waals surface area contributed by atoms with E-state index in [4.69, 9.17) is 5.14 Å². The van der Waals surface area contributed by atoms with Crippen LogP contribution in [0.3, 0.4) is 0 Å². The van der Waals surface area contributed by atoms with E-state index in [9.17, 15) is 30.0 Å². The molecule has 2 aromatic rings. The second kappa shape index (κ2) is 10.9. The Labute approximate surface area is 201 Å². The largest absolute Gasteiger partial charge is 0.501 e. The molecule has 7 nitrogen and oxygen atoms in total.